The Hall–Kier alpha value is -1.13. The Bertz CT molecular complexity index is 421. The summed E-state index contributed by atoms with van der Waals surface area (Å²) in [6, 6.07) is 2.78. The van der Waals surface area contributed by atoms with E-state index in [1.54, 1.807) is 0 Å². The molecule has 0 aliphatic heterocycles. The average molecular weight is 278 g/mol. The smallest absolute Gasteiger partial charge is 0.434 e. The number of hydrogen-bond acceptors (Lipinski definition) is 4. The van der Waals surface area contributed by atoms with Crippen LogP contribution in [0.25, 0.3) is 0 Å². The molecular formula is C11H13Cl2NO3. The van der Waals surface area contributed by atoms with Gasteiger partial charge in [-0.25, -0.2) is 4.79 Å². The van der Waals surface area contributed by atoms with Gasteiger partial charge in [0.05, 0.1) is 22.3 Å². The quantitative estimate of drug-likeness (QED) is 0.519. The van der Waals surface area contributed by atoms with Crippen LogP contribution in [0.1, 0.15) is 13.8 Å². The standard InChI is InChI=1S/C11H13Cl2NO3/c1-6(2)5-16-11(15)17-10-4-9(14)7(12)3-8(10)13/h3-4,6H,5,14H2,1-2H3. The van der Waals surface area contributed by atoms with Crippen LogP contribution in [0.4, 0.5) is 10.5 Å². The van der Waals surface area contributed by atoms with Gasteiger partial charge >= 0.3 is 6.16 Å². The molecule has 0 radical (unpaired) electrons. The molecule has 0 amide bonds. The summed E-state index contributed by atoms with van der Waals surface area (Å²) < 4.78 is 9.74. The molecule has 1 aromatic rings. The summed E-state index contributed by atoms with van der Waals surface area (Å²) in [5.74, 6) is 0.357. The van der Waals surface area contributed by atoms with Gasteiger partial charge in [-0.3, -0.25) is 0 Å². The van der Waals surface area contributed by atoms with Crippen molar-refractivity contribution in [3.8, 4) is 5.75 Å². The van der Waals surface area contributed by atoms with Crippen LogP contribution >= 0.6 is 23.2 Å². The van der Waals surface area contributed by atoms with Crippen LogP contribution in [0, 0.1) is 5.92 Å². The van der Waals surface area contributed by atoms with Gasteiger partial charge in [0.25, 0.3) is 0 Å². The lowest BCUT2D eigenvalue weighted by Crippen LogP contribution is -2.14. The number of carbonyl (C=O) groups is 1. The fourth-order valence-corrected chi connectivity index (χ4v) is 1.40. The molecule has 0 heterocycles. The lowest BCUT2D eigenvalue weighted by molar-refractivity contribution is 0.0886. The van der Waals surface area contributed by atoms with Crippen LogP contribution in [-0.2, 0) is 4.74 Å². The van der Waals surface area contributed by atoms with E-state index in [1.165, 1.54) is 12.1 Å². The maximum atomic E-state index is 11.3. The molecular weight excluding hydrogens is 265 g/mol. The summed E-state index contributed by atoms with van der Waals surface area (Å²) in [7, 11) is 0. The number of nitrogen functional groups attached to an aromatic ring is 1. The molecule has 0 atom stereocenters. The van der Waals surface area contributed by atoms with Crippen LogP contribution < -0.4 is 10.5 Å². The Kier molecular flexibility index (Phi) is 4.90. The van der Waals surface area contributed by atoms with Gasteiger partial charge < -0.3 is 15.2 Å². The number of benzene rings is 1. The molecule has 94 valence electrons. The first-order valence-corrected chi connectivity index (χ1v) is 5.75. The monoisotopic (exact) mass is 277 g/mol. The second-order valence-electron chi connectivity index (χ2n) is 3.86. The Labute approximate surface area is 110 Å². The van der Waals surface area contributed by atoms with E-state index in [1.807, 2.05) is 13.8 Å². The van der Waals surface area contributed by atoms with E-state index in [-0.39, 0.29) is 29.0 Å². The average Bonchev–Trinajstić information content (AvgIpc) is 2.23. The first kappa shape index (κ1) is 13.9. The van der Waals surface area contributed by atoms with Crippen molar-refractivity contribution in [1.82, 2.24) is 0 Å². The van der Waals surface area contributed by atoms with Gasteiger partial charge in [0.15, 0.2) is 5.75 Å². The van der Waals surface area contributed by atoms with Gasteiger partial charge in [0.2, 0.25) is 0 Å². The lowest BCUT2D eigenvalue weighted by Gasteiger charge is -2.09. The fourth-order valence-electron chi connectivity index (χ4n) is 0.977. The number of anilines is 1. The van der Waals surface area contributed by atoms with Crippen LogP contribution in [-0.4, -0.2) is 12.8 Å². The van der Waals surface area contributed by atoms with Crippen LogP contribution in [0.15, 0.2) is 12.1 Å². The summed E-state index contributed by atoms with van der Waals surface area (Å²) in [6.45, 7) is 4.11. The van der Waals surface area contributed by atoms with E-state index in [0.717, 1.165) is 0 Å². The predicted molar refractivity (Wildman–Crippen MR) is 67.7 cm³/mol. The first-order chi connectivity index (χ1) is 7.90. The van der Waals surface area contributed by atoms with Crippen molar-refractivity contribution in [2.24, 2.45) is 5.92 Å². The Morgan fingerprint density at radius 2 is 2.00 bits per heavy atom. The summed E-state index contributed by atoms with van der Waals surface area (Å²) in [5, 5.41) is 0.503. The molecule has 0 spiro atoms. The fraction of sp³-hybridized carbons (Fsp3) is 0.364. The van der Waals surface area contributed by atoms with Gasteiger partial charge in [-0.05, 0) is 12.0 Å². The number of halogens is 2. The molecule has 1 aromatic carbocycles. The molecule has 6 heteroatoms. The van der Waals surface area contributed by atoms with Crippen molar-refractivity contribution >= 4 is 35.0 Å². The second-order valence-corrected chi connectivity index (χ2v) is 4.68. The zero-order valence-electron chi connectivity index (χ0n) is 9.50. The van der Waals surface area contributed by atoms with E-state index in [9.17, 15) is 4.79 Å². The molecule has 0 saturated heterocycles. The highest BCUT2D eigenvalue weighted by Gasteiger charge is 2.12. The lowest BCUT2D eigenvalue weighted by atomic mass is 10.2. The molecule has 2 N–H and O–H groups in total. The number of nitrogens with two attached hydrogens (primary N) is 1. The number of hydrogen-bond donors (Lipinski definition) is 1. The van der Waals surface area contributed by atoms with Gasteiger partial charge in [-0.15, -0.1) is 0 Å². The van der Waals surface area contributed by atoms with E-state index in [2.05, 4.69) is 0 Å². The molecule has 0 fully saturated rings. The minimum Gasteiger partial charge on any atom is -0.434 e. The minimum atomic E-state index is -0.817. The Morgan fingerprint density at radius 1 is 1.35 bits per heavy atom. The maximum Gasteiger partial charge on any atom is 0.513 e. The third-order valence-corrected chi connectivity index (χ3v) is 2.40. The van der Waals surface area contributed by atoms with Gasteiger partial charge in [-0.2, -0.15) is 0 Å². The predicted octanol–water partition coefficient (Wildman–Crippen LogP) is 3.75. The summed E-state index contributed by atoms with van der Waals surface area (Å²) in [6.07, 6.45) is -0.817. The van der Waals surface area contributed by atoms with E-state index in [0.29, 0.717) is 5.02 Å². The summed E-state index contributed by atoms with van der Waals surface area (Å²) in [4.78, 5) is 11.3. The maximum absolute atomic E-state index is 11.3. The number of rotatable bonds is 3. The Balaban J connectivity index is 2.68. The molecule has 0 saturated carbocycles. The highest BCUT2D eigenvalue weighted by molar-refractivity contribution is 6.37. The minimum absolute atomic E-state index is 0.127. The topological polar surface area (TPSA) is 61.5 Å². The molecule has 0 bridgehead atoms. The first-order valence-electron chi connectivity index (χ1n) is 4.99. The van der Waals surface area contributed by atoms with Crippen molar-refractivity contribution in [3.05, 3.63) is 22.2 Å². The second kappa shape index (κ2) is 5.98. The molecule has 1 rings (SSSR count). The Morgan fingerprint density at radius 3 is 2.59 bits per heavy atom. The third-order valence-electron chi connectivity index (χ3n) is 1.78. The van der Waals surface area contributed by atoms with E-state index in [4.69, 9.17) is 38.4 Å². The van der Waals surface area contributed by atoms with Gasteiger partial charge in [0, 0.05) is 6.07 Å². The van der Waals surface area contributed by atoms with Crippen LogP contribution in [0.5, 0.6) is 5.75 Å². The van der Waals surface area contributed by atoms with E-state index >= 15 is 0 Å². The van der Waals surface area contributed by atoms with Crippen molar-refractivity contribution in [1.29, 1.82) is 0 Å². The van der Waals surface area contributed by atoms with Crippen molar-refractivity contribution in [2.45, 2.75) is 13.8 Å². The van der Waals surface area contributed by atoms with Crippen molar-refractivity contribution in [2.75, 3.05) is 12.3 Å². The molecule has 17 heavy (non-hydrogen) atoms. The molecule has 0 aliphatic rings. The van der Waals surface area contributed by atoms with Crippen LogP contribution in [0.2, 0.25) is 10.0 Å². The van der Waals surface area contributed by atoms with Crippen LogP contribution in [0.3, 0.4) is 0 Å². The normalized spacial score (nSPS) is 10.4. The van der Waals surface area contributed by atoms with Crippen molar-refractivity contribution < 1.29 is 14.3 Å². The molecule has 0 aromatic heterocycles. The molecule has 4 nitrogen and oxygen atoms in total. The molecule has 0 unspecified atom stereocenters. The van der Waals surface area contributed by atoms with Gasteiger partial charge in [-0.1, -0.05) is 37.0 Å². The number of ether oxygens (including phenoxy) is 2. The number of carbonyl (C=O) groups excluding carboxylic acids is 1. The molecule has 0 aliphatic carbocycles. The summed E-state index contributed by atoms with van der Waals surface area (Å²) >= 11 is 11.6. The zero-order valence-corrected chi connectivity index (χ0v) is 11.0. The highest BCUT2D eigenvalue weighted by atomic mass is 35.5. The zero-order chi connectivity index (χ0) is 13.0. The van der Waals surface area contributed by atoms with E-state index < -0.39 is 6.16 Å². The highest BCUT2D eigenvalue weighted by Crippen LogP contribution is 2.32. The van der Waals surface area contributed by atoms with Gasteiger partial charge in [0.1, 0.15) is 0 Å². The largest absolute Gasteiger partial charge is 0.513 e. The SMILES string of the molecule is CC(C)COC(=O)Oc1cc(N)c(Cl)cc1Cl. The van der Waals surface area contributed by atoms with Crippen molar-refractivity contribution in [3.63, 3.8) is 0 Å². The summed E-state index contributed by atoms with van der Waals surface area (Å²) in [5.41, 5.74) is 5.85. The third kappa shape index (κ3) is 4.32.